The predicted octanol–water partition coefficient (Wildman–Crippen LogP) is 3.49. The van der Waals surface area contributed by atoms with Crippen LogP contribution in [0.15, 0.2) is 18.2 Å². The number of hydrogen-bond donors (Lipinski definition) is 2. The van der Waals surface area contributed by atoms with Gasteiger partial charge >= 0.3 is 5.97 Å². The summed E-state index contributed by atoms with van der Waals surface area (Å²) in [5.41, 5.74) is 2.32. The molecule has 128 valence electrons. The van der Waals surface area contributed by atoms with E-state index >= 15 is 0 Å². The maximum atomic E-state index is 11.8. The number of carboxylic acids is 1. The molecule has 7 heteroatoms. The van der Waals surface area contributed by atoms with Crippen LogP contribution in [0.2, 0.25) is 0 Å². The number of benzene rings is 1. The number of carbonyl (C=O) groups is 2. The molecule has 2 rings (SSSR count). The minimum Gasteiger partial charge on any atom is -0.496 e. The van der Waals surface area contributed by atoms with Gasteiger partial charge in [0.15, 0.2) is 5.13 Å². The van der Waals surface area contributed by atoms with Gasteiger partial charge in [-0.1, -0.05) is 6.92 Å². The highest BCUT2D eigenvalue weighted by molar-refractivity contribution is 7.16. The monoisotopic (exact) mass is 348 g/mol. The zero-order valence-corrected chi connectivity index (χ0v) is 14.7. The van der Waals surface area contributed by atoms with Gasteiger partial charge in [0.25, 0.3) is 0 Å². The Morgan fingerprint density at radius 1 is 1.38 bits per heavy atom. The molecule has 0 spiro atoms. The average molecular weight is 348 g/mol. The summed E-state index contributed by atoms with van der Waals surface area (Å²) in [4.78, 5) is 27.9. The standard InChI is InChI=1S/C17H20N2O4S/c1-4-5-14(20)18-17-19-16(13(24-17)9-15(21)22)11-6-7-12(23-3)10(2)8-11/h6-8H,4-5,9H2,1-3H3,(H,21,22)(H,18,19,20). The number of aromatic nitrogens is 1. The first-order valence-electron chi connectivity index (χ1n) is 7.61. The fourth-order valence-corrected chi connectivity index (χ4v) is 3.31. The van der Waals surface area contributed by atoms with Gasteiger partial charge < -0.3 is 15.2 Å². The molecular weight excluding hydrogens is 328 g/mol. The molecule has 1 heterocycles. The number of carboxylic acid groups (broad SMARTS) is 1. The minimum absolute atomic E-state index is 0.120. The molecule has 0 unspecified atom stereocenters. The number of nitrogens with one attached hydrogen (secondary N) is 1. The second-order valence-corrected chi connectivity index (χ2v) is 6.43. The second kappa shape index (κ2) is 7.92. The fourth-order valence-electron chi connectivity index (χ4n) is 2.32. The number of aryl methyl sites for hydroxylation is 1. The lowest BCUT2D eigenvalue weighted by molar-refractivity contribution is -0.136. The second-order valence-electron chi connectivity index (χ2n) is 5.34. The molecule has 1 aromatic carbocycles. The molecule has 0 bridgehead atoms. The van der Waals surface area contributed by atoms with Crippen molar-refractivity contribution in [3.8, 4) is 17.0 Å². The molecule has 0 radical (unpaired) electrons. The lowest BCUT2D eigenvalue weighted by Crippen LogP contribution is -2.10. The molecule has 2 N–H and O–H groups in total. The van der Waals surface area contributed by atoms with Gasteiger partial charge in [-0.15, -0.1) is 11.3 Å². The van der Waals surface area contributed by atoms with Crippen LogP contribution in [0.25, 0.3) is 11.3 Å². The molecular formula is C17H20N2O4S. The molecule has 24 heavy (non-hydrogen) atoms. The topological polar surface area (TPSA) is 88.5 Å². The Kier molecular flexibility index (Phi) is 5.92. The highest BCUT2D eigenvalue weighted by Gasteiger charge is 2.17. The van der Waals surface area contributed by atoms with Crippen LogP contribution in [0.3, 0.4) is 0 Å². The number of nitrogens with zero attached hydrogens (tertiary/aromatic N) is 1. The first-order valence-corrected chi connectivity index (χ1v) is 8.42. The van der Waals surface area contributed by atoms with Gasteiger partial charge in [0.2, 0.25) is 5.91 Å². The Balaban J connectivity index is 2.39. The van der Waals surface area contributed by atoms with Crippen molar-refractivity contribution in [3.63, 3.8) is 0 Å². The summed E-state index contributed by atoms with van der Waals surface area (Å²) in [6, 6.07) is 5.56. The van der Waals surface area contributed by atoms with Crippen LogP contribution < -0.4 is 10.1 Å². The SMILES string of the molecule is CCCC(=O)Nc1nc(-c2ccc(OC)c(C)c2)c(CC(=O)O)s1. The van der Waals surface area contributed by atoms with Crippen molar-refractivity contribution >= 4 is 28.3 Å². The van der Waals surface area contributed by atoms with E-state index < -0.39 is 5.97 Å². The number of aliphatic carboxylic acids is 1. The molecule has 0 aliphatic rings. The van der Waals surface area contributed by atoms with Crippen molar-refractivity contribution < 1.29 is 19.4 Å². The van der Waals surface area contributed by atoms with E-state index in [0.29, 0.717) is 22.1 Å². The van der Waals surface area contributed by atoms with Crippen LogP contribution in [-0.2, 0) is 16.0 Å². The van der Waals surface area contributed by atoms with Gasteiger partial charge in [-0.05, 0) is 37.1 Å². The molecule has 6 nitrogen and oxygen atoms in total. The van der Waals surface area contributed by atoms with Crippen molar-refractivity contribution in [3.05, 3.63) is 28.6 Å². The van der Waals surface area contributed by atoms with Crippen LogP contribution in [0.1, 0.15) is 30.2 Å². The summed E-state index contributed by atoms with van der Waals surface area (Å²) in [5, 5.41) is 12.3. The summed E-state index contributed by atoms with van der Waals surface area (Å²) < 4.78 is 5.25. The molecule has 1 aromatic heterocycles. The van der Waals surface area contributed by atoms with Crippen molar-refractivity contribution in [2.24, 2.45) is 0 Å². The maximum absolute atomic E-state index is 11.8. The predicted molar refractivity (Wildman–Crippen MR) is 93.7 cm³/mol. The Labute approximate surface area is 144 Å². The molecule has 0 aliphatic carbocycles. The molecule has 0 fully saturated rings. The number of hydrogen-bond acceptors (Lipinski definition) is 5. The third-order valence-electron chi connectivity index (χ3n) is 3.40. The summed E-state index contributed by atoms with van der Waals surface area (Å²) in [6.07, 6.45) is 1.01. The maximum Gasteiger partial charge on any atom is 0.308 e. The van der Waals surface area contributed by atoms with Crippen LogP contribution in [0, 0.1) is 6.92 Å². The number of thiazole rings is 1. The van der Waals surface area contributed by atoms with Gasteiger partial charge in [-0.2, -0.15) is 0 Å². The smallest absolute Gasteiger partial charge is 0.308 e. The lowest BCUT2D eigenvalue weighted by Gasteiger charge is -2.07. The van der Waals surface area contributed by atoms with E-state index in [9.17, 15) is 9.59 Å². The van der Waals surface area contributed by atoms with Crippen LogP contribution >= 0.6 is 11.3 Å². The Bertz CT molecular complexity index is 755. The summed E-state index contributed by atoms with van der Waals surface area (Å²) in [7, 11) is 1.60. The summed E-state index contributed by atoms with van der Waals surface area (Å²) in [5.74, 6) is -0.299. The van der Waals surface area contributed by atoms with Gasteiger partial charge in [0.1, 0.15) is 5.75 Å². The van der Waals surface area contributed by atoms with E-state index in [-0.39, 0.29) is 12.3 Å². The molecule has 0 saturated heterocycles. The quantitative estimate of drug-likeness (QED) is 0.799. The third kappa shape index (κ3) is 4.32. The number of carbonyl (C=O) groups excluding carboxylic acids is 1. The van der Waals surface area contributed by atoms with Gasteiger partial charge in [0.05, 0.1) is 19.2 Å². The minimum atomic E-state index is -0.934. The Hall–Kier alpha value is -2.41. The highest BCUT2D eigenvalue weighted by atomic mass is 32.1. The van der Waals surface area contributed by atoms with E-state index in [4.69, 9.17) is 9.84 Å². The van der Waals surface area contributed by atoms with Crippen molar-refractivity contribution in [2.45, 2.75) is 33.1 Å². The number of anilines is 1. The molecule has 2 aromatic rings. The van der Waals surface area contributed by atoms with Gasteiger partial charge in [-0.3, -0.25) is 9.59 Å². The zero-order valence-electron chi connectivity index (χ0n) is 13.9. The van der Waals surface area contributed by atoms with E-state index in [1.807, 2.05) is 32.0 Å². The zero-order chi connectivity index (χ0) is 17.7. The van der Waals surface area contributed by atoms with Crippen molar-refractivity contribution in [2.75, 3.05) is 12.4 Å². The van der Waals surface area contributed by atoms with Crippen molar-refractivity contribution in [1.29, 1.82) is 0 Å². The van der Waals surface area contributed by atoms with E-state index in [1.54, 1.807) is 7.11 Å². The number of ether oxygens (including phenoxy) is 1. The number of methoxy groups -OCH3 is 1. The van der Waals surface area contributed by atoms with Gasteiger partial charge in [0, 0.05) is 16.9 Å². The Morgan fingerprint density at radius 3 is 2.71 bits per heavy atom. The van der Waals surface area contributed by atoms with Crippen LogP contribution in [0.4, 0.5) is 5.13 Å². The van der Waals surface area contributed by atoms with Crippen molar-refractivity contribution in [1.82, 2.24) is 4.98 Å². The lowest BCUT2D eigenvalue weighted by atomic mass is 10.1. The van der Waals surface area contributed by atoms with E-state index in [2.05, 4.69) is 10.3 Å². The molecule has 1 amide bonds. The number of rotatable bonds is 7. The molecule has 0 saturated carbocycles. The molecule has 0 aliphatic heterocycles. The summed E-state index contributed by atoms with van der Waals surface area (Å²) >= 11 is 1.20. The first kappa shape index (κ1) is 17.9. The highest BCUT2D eigenvalue weighted by Crippen LogP contribution is 2.33. The van der Waals surface area contributed by atoms with Crippen LogP contribution in [-0.4, -0.2) is 29.1 Å². The van der Waals surface area contributed by atoms with E-state index in [0.717, 1.165) is 23.3 Å². The van der Waals surface area contributed by atoms with Gasteiger partial charge in [-0.25, -0.2) is 4.98 Å². The third-order valence-corrected chi connectivity index (χ3v) is 4.37. The largest absolute Gasteiger partial charge is 0.496 e. The normalized spacial score (nSPS) is 10.5. The molecule has 0 atom stereocenters. The van der Waals surface area contributed by atoms with Crippen LogP contribution in [0.5, 0.6) is 5.75 Å². The first-order chi connectivity index (χ1) is 11.4. The van der Waals surface area contributed by atoms with E-state index in [1.165, 1.54) is 11.3 Å². The Morgan fingerprint density at radius 2 is 2.12 bits per heavy atom. The average Bonchev–Trinajstić information content (AvgIpc) is 2.88. The number of amides is 1. The fraction of sp³-hybridized carbons (Fsp3) is 0.353. The summed E-state index contributed by atoms with van der Waals surface area (Å²) in [6.45, 7) is 3.83.